The van der Waals surface area contributed by atoms with Crippen molar-refractivity contribution in [2.45, 2.75) is 6.92 Å². The number of amides is 1. The van der Waals surface area contributed by atoms with Crippen molar-refractivity contribution in [3.63, 3.8) is 0 Å². The molecular formula is C21H12F4N4O2. The molecule has 2 aromatic heterocycles. The van der Waals surface area contributed by atoms with E-state index in [4.69, 9.17) is 4.52 Å². The number of nitrogens with zero attached hydrogens (tertiary/aromatic N) is 4. The third kappa shape index (κ3) is 3.63. The van der Waals surface area contributed by atoms with Gasteiger partial charge in [0.25, 0.3) is 0 Å². The molecule has 4 aromatic rings. The summed E-state index contributed by atoms with van der Waals surface area (Å²) < 4.78 is 62.2. The maximum absolute atomic E-state index is 14.5. The molecule has 156 valence electrons. The Balaban J connectivity index is 2.02. The smallest absolute Gasteiger partial charge is 0.248 e. The first-order valence-corrected chi connectivity index (χ1v) is 8.84. The van der Waals surface area contributed by atoms with Gasteiger partial charge in [0, 0.05) is 24.8 Å². The van der Waals surface area contributed by atoms with Gasteiger partial charge in [-0.15, -0.1) is 0 Å². The fraction of sp³-hybridized carbons (Fsp3) is 0.0476. The molecular weight excluding hydrogens is 416 g/mol. The average Bonchev–Trinajstić information content (AvgIpc) is 3.15. The van der Waals surface area contributed by atoms with Gasteiger partial charge >= 0.3 is 0 Å². The first-order chi connectivity index (χ1) is 14.9. The van der Waals surface area contributed by atoms with Crippen LogP contribution >= 0.6 is 0 Å². The van der Waals surface area contributed by atoms with Gasteiger partial charge < -0.3 is 4.52 Å². The largest absolute Gasteiger partial charge is 0.336 e. The molecule has 0 N–H and O–H groups in total. The van der Waals surface area contributed by atoms with Crippen LogP contribution in [0.3, 0.4) is 0 Å². The average molecular weight is 428 g/mol. The van der Waals surface area contributed by atoms with E-state index < -0.39 is 40.7 Å². The quantitative estimate of drug-likeness (QED) is 0.426. The van der Waals surface area contributed by atoms with E-state index in [1.54, 1.807) is 0 Å². The van der Waals surface area contributed by atoms with E-state index in [-0.39, 0.29) is 22.5 Å². The monoisotopic (exact) mass is 428 g/mol. The van der Waals surface area contributed by atoms with E-state index in [1.165, 1.54) is 18.6 Å². The van der Waals surface area contributed by atoms with Crippen LogP contribution in [0.1, 0.15) is 6.92 Å². The minimum absolute atomic E-state index is 0.0363. The highest BCUT2D eigenvalue weighted by molar-refractivity contribution is 6.03. The summed E-state index contributed by atoms with van der Waals surface area (Å²) in [5, 5.41) is 3.80. The second-order valence-electron chi connectivity index (χ2n) is 6.35. The van der Waals surface area contributed by atoms with E-state index in [2.05, 4.69) is 15.1 Å². The molecule has 0 unspecified atom stereocenters. The van der Waals surface area contributed by atoms with Crippen molar-refractivity contribution in [3.05, 3.63) is 78.3 Å². The summed E-state index contributed by atoms with van der Waals surface area (Å²) in [5.41, 5.74) is -0.914. The fourth-order valence-electron chi connectivity index (χ4n) is 3.07. The zero-order valence-electron chi connectivity index (χ0n) is 15.8. The van der Waals surface area contributed by atoms with Crippen LogP contribution in [0, 0.1) is 23.3 Å². The summed E-state index contributed by atoms with van der Waals surface area (Å²) in [6.07, 6.45) is 2.55. The van der Waals surface area contributed by atoms with Crippen LogP contribution in [-0.4, -0.2) is 21.0 Å². The Kier molecular flexibility index (Phi) is 5.20. The maximum Gasteiger partial charge on any atom is 0.248 e. The first-order valence-electron chi connectivity index (χ1n) is 8.84. The molecule has 10 heteroatoms. The van der Waals surface area contributed by atoms with Gasteiger partial charge in [-0.1, -0.05) is 11.2 Å². The van der Waals surface area contributed by atoms with Gasteiger partial charge in [-0.05, 0) is 30.3 Å². The highest BCUT2D eigenvalue weighted by Gasteiger charge is 2.32. The lowest BCUT2D eigenvalue weighted by atomic mass is 10.0. The number of hydrogen-bond acceptors (Lipinski definition) is 5. The van der Waals surface area contributed by atoms with Gasteiger partial charge in [0.1, 0.15) is 41.0 Å². The van der Waals surface area contributed by atoms with Crippen molar-refractivity contribution in [1.82, 2.24) is 15.1 Å². The lowest BCUT2D eigenvalue weighted by molar-refractivity contribution is -0.116. The van der Waals surface area contributed by atoms with Crippen LogP contribution in [0.4, 0.5) is 29.1 Å². The van der Waals surface area contributed by atoms with E-state index in [1.807, 2.05) is 0 Å². The number of benzene rings is 2. The Bertz CT molecular complexity index is 1260. The van der Waals surface area contributed by atoms with Crippen LogP contribution in [-0.2, 0) is 4.79 Å². The second kappa shape index (κ2) is 7.98. The van der Waals surface area contributed by atoms with Gasteiger partial charge in [0.05, 0.1) is 11.3 Å². The Morgan fingerprint density at radius 1 is 1.00 bits per heavy atom. The summed E-state index contributed by atoms with van der Waals surface area (Å²) in [6.45, 7) is 1.07. The molecule has 31 heavy (non-hydrogen) atoms. The summed E-state index contributed by atoms with van der Waals surface area (Å²) >= 11 is 0. The molecule has 0 fully saturated rings. The predicted octanol–water partition coefficient (Wildman–Crippen LogP) is 5.04. The Morgan fingerprint density at radius 3 is 2.35 bits per heavy atom. The number of carbonyl (C=O) groups is 1. The van der Waals surface area contributed by atoms with Gasteiger partial charge in [0.15, 0.2) is 0 Å². The highest BCUT2D eigenvalue weighted by atomic mass is 19.1. The second-order valence-corrected chi connectivity index (χ2v) is 6.35. The summed E-state index contributed by atoms with van der Waals surface area (Å²) in [5.74, 6) is -5.03. The SMILES string of the molecule is CC(=O)N(c1onc(-c2ccc(F)cc2F)c1-c1ccncn1)c1c(F)cccc1F. The lowest BCUT2D eigenvalue weighted by Crippen LogP contribution is -2.25. The van der Waals surface area contributed by atoms with E-state index in [0.29, 0.717) is 11.0 Å². The van der Waals surface area contributed by atoms with Gasteiger partial charge in [0.2, 0.25) is 11.8 Å². The number of carbonyl (C=O) groups excluding carboxylic acids is 1. The topological polar surface area (TPSA) is 72.1 Å². The molecule has 2 heterocycles. The van der Waals surface area contributed by atoms with Crippen LogP contribution in [0.2, 0.25) is 0 Å². The van der Waals surface area contributed by atoms with Crippen molar-refractivity contribution in [2.75, 3.05) is 4.90 Å². The number of rotatable bonds is 4. The summed E-state index contributed by atoms with van der Waals surface area (Å²) in [7, 11) is 0. The molecule has 0 radical (unpaired) electrons. The van der Waals surface area contributed by atoms with Crippen molar-refractivity contribution in [2.24, 2.45) is 0 Å². The molecule has 0 aliphatic rings. The van der Waals surface area contributed by atoms with Crippen molar-refractivity contribution in [3.8, 4) is 22.5 Å². The Labute approximate surface area is 172 Å². The number of aromatic nitrogens is 3. The van der Waals surface area contributed by atoms with E-state index in [0.717, 1.165) is 37.3 Å². The van der Waals surface area contributed by atoms with Crippen molar-refractivity contribution in [1.29, 1.82) is 0 Å². The molecule has 0 atom stereocenters. The van der Waals surface area contributed by atoms with Crippen LogP contribution < -0.4 is 4.90 Å². The standard InChI is InChI=1S/C21H12F4N4O2/c1-11(30)29(20-14(23)3-2-4-15(20)24)21-18(17-7-8-26-10-27-17)19(28-31-21)13-6-5-12(22)9-16(13)25/h2-10H,1H3. The Morgan fingerprint density at radius 2 is 1.74 bits per heavy atom. The molecule has 0 aliphatic carbocycles. The molecule has 0 aliphatic heterocycles. The molecule has 4 rings (SSSR count). The minimum Gasteiger partial charge on any atom is -0.336 e. The normalized spacial score (nSPS) is 10.9. The Hall–Kier alpha value is -4.08. The minimum atomic E-state index is -1.03. The lowest BCUT2D eigenvalue weighted by Gasteiger charge is -2.20. The number of hydrogen-bond donors (Lipinski definition) is 0. The number of halogens is 4. The third-order valence-corrected chi connectivity index (χ3v) is 4.38. The van der Waals surface area contributed by atoms with Gasteiger partial charge in [-0.25, -0.2) is 32.4 Å². The zero-order chi connectivity index (χ0) is 22.1. The zero-order valence-corrected chi connectivity index (χ0v) is 15.8. The molecule has 1 amide bonds. The van der Waals surface area contributed by atoms with E-state index in [9.17, 15) is 22.4 Å². The molecule has 2 aromatic carbocycles. The number of anilines is 2. The molecule has 0 bridgehead atoms. The van der Waals surface area contributed by atoms with Crippen molar-refractivity contribution >= 4 is 17.5 Å². The van der Waals surface area contributed by atoms with Crippen LogP contribution in [0.5, 0.6) is 0 Å². The highest BCUT2D eigenvalue weighted by Crippen LogP contribution is 2.43. The molecule has 6 nitrogen and oxygen atoms in total. The third-order valence-electron chi connectivity index (χ3n) is 4.38. The van der Waals surface area contributed by atoms with Crippen LogP contribution in [0.15, 0.2) is 59.5 Å². The molecule has 0 saturated carbocycles. The van der Waals surface area contributed by atoms with Crippen LogP contribution in [0.25, 0.3) is 22.5 Å². The summed E-state index contributed by atoms with van der Waals surface area (Å²) in [6, 6.07) is 7.26. The molecule has 0 saturated heterocycles. The van der Waals surface area contributed by atoms with Crippen molar-refractivity contribution < 1.29 is 26.9 Å². The van der Waals surface area contributed by atoms with E-state index >= 15 is 0 Å². The maximum atomic E-state index is 14.5. The predicted molar refractivity (Wildman–Crippen MR) is 102 cm³/mol. The first kappa shape index (κ1) is 20.2. The summed E-state index contributed by atoms with van der Waals surface area (Å²) in [4.78, 5) is 20.9. The fourth-order valence-corrected chi connectivity index (χ4v) is 3.07. The molecule has 0 spiro atoms. The van der Waals surface area contributed by atoms with Gasteiger partial charge in [-0.2, -0.15) is 0 Å². The number of para-hydroxylation sites is 1. The van der Waals surface area contributed by atoms with Gasteiger partial charge in [-0.3, -0.25) is 4.79 Å².